The Morgan fingerprint density at radius 2 is 1.61 bits per heavy atom. The minimum Gasteiger partial charge on any atom is -0.365 e. The summed E-state index contributed by atoms with van der Waals surface area (Å²) in [4.78, 5) is 2.37. The van der Waals surface area contributed by atoms with Crippen LogP contribution in [-0.2, 0) is 16.6 Å². The van der Waals surface area contributed by atoms with Crippen molar-refractivity contribution in [1.29, 1.82) is 0 Å². The van der Waals surface area contributed by atoms with E-state index >= 15 is 4.39 Å². The zero-order valence-electron chi connectivity index (χ0n) is 20.4. The molecule has 3 aromatic rings. The molecule has 190 valence electrons. The quantitative estimate of drug-likeness (QED) is 0.492. The van der Waals surface area contributed by atoms with Crippen LogP contribution in [-0.4, -0.2) is 45.6 Å². The lowest BCUT2D eigenvalue weighted by molar-refractivity contribution is 0.279. The lowest BCUT2D eigenvalue weighted by Crippen LogP contribution is -2.45. The molecule has 6 rings (SSSR count). The molecule has 0 amide bonds. The molecule has 4 heterocycles. The van der Waals surface area contributed by atoms with Gasteiger partial charge in [-0.15, -0.1) is 10.2 Å². The molecule has 2 aromatic carbocycles. The van der Waals surface area contributed by atoms with Gasteiger partial charge in [0.15, 0.2) is 0 Å². The fourth-order valence-electron chi connectivity index (χ4n) is 6.56. The zero-order chi connectivity index (χ0) is 24.9. The summed E-state index contributed by atoms with van der Waals surface area (Å²) in [6.45, 7) is 1.98. The minimum absolute atomic E-state index is 0.0571. The number of nitrogens with zero attached hydrogens (tertiary/aromatic N) is 5. The Bertz CT molecular complexity index is 1300. The first-order valence-electron chi connectivity index (χ1n) is 12.9. The van der Waals surface area contributed by atoms with E-state index in [-0.39, 0.29) is 18.4 Å². The molecular weight excluding hydrogens is 477 g/mol. The van der Waals surface area contributed by atoms with Gasteiger partial charge in [-0.05, 0) is 63.1 Å². The maximum atomic E-state index is 15.5. The number of benzene rings is 2. The van der Waals surface area contributed by atoms with E-state index in [1.165, 1.54) is 4.31 Å². The van der Waals surface area contributed by atoms with E-state index in [0.717, 1.165) is 43.4 Å². The highest BCUT2D eigenvalue weighted by Gasteiger charge is 2.43. The molecule has 3 aliphatic rings. The molecule has 36 heavy (non-hydrogen) atoms. The van der Waals surface area contributed by atoms with Gasteiger partial charge in [-0.25, -0.2) is 12.8 Å². The average molecular weight is 510 g/mol. The SMILES string of the molecule is CC1CCC(c2ccccc2)S(=O)(=O)N1Cc1ccc(N2[C@@H]3CC[C@H]2C[C@@H](n2cnnc2)C3)cc1F. The molecule has 0 radical (unpaired) electrons. The molecule has 3 aliphatic heterocycles. The minimum atomic E-state index is -3.60. The Balaban J connectivity index is 1.21. The lowest BCUT2D eigenvalue weighted by Gasteiger charge is -2.41. The first-order chi connectivity index (χ1) is 17.4. The van der Waals surface area contributed by atoms with Crippen LogP contribution in [0.1, 0.15) is 67.9 Å². The normalized spacial score (nSPS) is 29.9. The van der Waals surface area contributed by atoms with E-state index in [1.807, 2.05) is 43.3 Å². The van der Waals surface area contributed by atoms with Gasteiger partial charge in [0.25, 0.3) is 0 Å². The second-order valence-corrected chi connectivity index (χ2v) is 12.6. The smallest absolute Gasteiger partial charge is 0.221 e. The van der Waals surface area contributed by atoms with Gasteiger partial charge < -0.3 is 9.47 Å². The summed E-state index contributed by atoms with van der Waals surface area (Å²) < 4.78 is 46.2. The van der Waals surface area contributed by atoms with Crippen LogP contribution in [0, 0.1) is 5.82 Å². The van der Waals surface area contributed by atoms with Crippen molar-refractivity contribution < 1.29 is 12.8 Å². The van der Waals surface area contributed by atoms with Crippen molar-refractivity contribution in [3.8, 4) is 0 Å². The Kier molecular flexibility index (Phi) is 6.08. The third kappa shape index (κ3) is 4.12. The molecule has 2 bridgehead atoms. The maximum absolute atomic E-state index is 15.5. The van der Waals surface area contributed by atoms with Crippen LogP contribution in [0.5, 0.6) is 0 Å². The number of piperidine rings is 1. The number of halogens is 1. The highest BCUT2D eigenvalue weighted by atomic mass is 32.2. The van der Waals surface area contributed by atoms with Gasteiger partial charge in [0.2, 0.25) is 10.0 Å². The highest BCUT2D eigenvalue weighted by Crippen LogP contribution is 2.44. The van der Waals surface area contributed by atoms with Crippen LogP contribution >= 0.6 is 0 Å². The molecule has 1 aromatic heterocycles. The number of sulfonamides is 1. The molecule has 5 atom stereocenters. The van der Waals surface area contributed by atoms with Crippen LogP contribution in [0.25, 0.3) is 0 Å². The largest absolute Gasteiger partial charge is 0.365 e. The third-order valence-electron chi connectivity index (χ3n) is 8.42. The van der Waals surface area contributed by atoms with Crippen LogP contribution in [0.4, 0.5) is 10.1 Å². The lowest BCUT2D eigenvalue weighted by atomic mass is 9.96. The standard InChI is InChI=1S/C27H32FN5O2S/c1-19-7-12-27(20-5-3-2-4-6-20)36(34,35)32(19)16-21-8-9-24(15-26(21)28)33-22-10-11-23(33)14-25(13-22)31-17-29-30-18-31/h2-6,8-9,15,17-19,22-23,25,27H,7,10-14,16H2,1H3/t19?,22-,23+,25+,27?. The summed E-state index contributed by atoms with van der Waals surface area (Å²) >= 11 is 0. The van der Waals surface area contributed by atoms with Gasteiger partial charge >= 0.3 is 0 Å². The number of aromatic nitrogens is 3. The summed E-state index contributed by atoms with van der Waals surface area (Å²) in [7, 11) is -3.60. The van der Waals surface area contributed by atoms with Crippen LogP contribution in [0.2, 0.25) is 0 Å². The van der Waals surface area contributed by atoms with Gasteiger partial charge in [0.05, 0.1) is 0 Å². The number of rotatable bonds is 5. The molecular formula is C27H32FN5O2S. The number of fused-ring (bicyclic) bond motifs is 2. The van der Waals surface area contributed by atoms with Gasteiger partial charge in [0.1, 0.15) is 23.7 Å². The Hall–Kier alpha value is -2.78. The fraction of sp³-hybridized carbons (Fsp3) is 0.481. The summed E-state index contributed by atoms with van der Waals surface area (Å²) in [5.74, 6) is -0.336. The molecule has 9 heteroatoms. The van der Waals surface area contributed by atoms with Gasteiger partial charge in [-0.1, -0.05) is 36.4 Å². The monoisotopic (exact) mass is 509 g/mol. The van der Waals surface area contributed by atoms with Crippen molar-refractivity contribution in [2.24, 2.45) is 0 Å². The van der Waals surface area contributed by atoms with Crippen molar-refractivity contribution in [2.45, 2.75) is 81.4 Å². The molecule has 0 spiro atoms. The maximum Gasteiger partial charge on any atom is 0.221 e. The van der Waals surface area contributed by atoms with Crippen LogP contribution < -0.4 is 4.90 Å². The van der Waals surface area contributed by atoms with Gasteiger partial charge in [-0.3, -0.25) is 0 Å². The first kappa shape index (κ1) is 23.6. The predicted octanol–water partition coefficient (Wildman–Crippen LogP) is 4.85. The van der Waals surface area contributed by atoms with Crippen molar-refractivity contribution in [3.63, 3.8) is 0 Å². The van der Waals surface area contributed by atoms with E-state index < -0.39 is 15.3 Å². The summed E-state index contributed by atoms with van der Waals surface area (Å²) in [5.41, 5.74) is 2.12. The van der Waals surface area contributed by atoms with Gasteiger partial charge in [-0.2, -0.15) is 4.31 Å². The Morgan fingerprint density at radius 3 is 2.28 bits per heavy atom. The van der Waals surface area contributed by atoms with Crippen LogP contribution in [0.3, 0.4) is 0 Å². The Labute approximate surface area is 212 Å². The van der Waals surface area contributed by atoms with E-state index in [4.69, 9.17) is 0 Å². The van der Waals surface area contributed by atoms with Gasteiger partial charge in [0, 0.05) is 42.0 Å². The molecule has 3 saturated heterocycles. The summed E-state index contributed by atoms with van der Waals surface area (Å²) in [5, 5.41) is 7.33. The second-order valence-electron chi connectivity index (χ2n) is 10.5. The van der Waals surface area contributed by atoms with Crippen molar-refractivity contribution in [3.05, 3.63) is 78.1 Å². The predicted molar refractivity (Wildman–Crippen MR) is 136 cm³/mol. The number of anilines is 1. The van der Waals surface area contributed by atoms with E-state index in [0.29, 0.717) is 30.1 Å². The molecule has 3 fully saturated rings. The molecule has 0 N–H and O–H groups in total. The summed E-state index contributed by atoms with van der Waals surface area (Å²) in [6.07, 6.45) is 9.07. The van der Waals surface area contributed by atoms with Crippen LogP contribution in [0.15, 0.2) is 61.2 Å². The first-order valence-corrected chi connectivity index (χ1v) is 14.4. The highest BCUT2D eigenvalue weighted by molar-refractivity contribution is 7.89. The van der Waals surface area contributed by atoms with E-state index in [9.17, 15) is 8.42 Å². The Morgan fingerprint density at radius 1 is 0.917 bits per heavy atom. The van der Waals surface area contributed by atoms with E-state index in [2.05, 4.69) is 19.7 Å². The molecule has 7 nitrogen and oxygen atoms in total. The fourth-order valence-corrected chi connectivity index (χ4v) is 8.74. The van der Waals surface area contributed by atoms with Crippen molar-refractivity contribution in [1.82, 2.24) is 19.1 Å². The zero-order valence-corrected chi connectivity index (χ0v) is 21.3. The topological polar surface area (TPSA) is 71.3 Å². The second kappa shape index (κ2) is 9.27. The molecule has 0 saturated carbocycles. The van der Waals surface area contributed by atoms with Crippen molar-refractivity contribution >= 4 is 15.7 Å². The van der Waals surface area contributed by atoms with E-state index in [1.54, 1.807) is 24.8 Å². The third-order valence-corrected chi connectivity index (χ3v) is 10.8. The van der Waals surface area contributed by atoms with Crippen molar-refractivity contribution in [2.75, 3.05) is 4.90 Å². The molecule has 2 unspecified atom stereocenters. The summed E-state index contributed by atoms with van der Waals surface area (Å²) in [6, 6.07) is 15.6. The number of hydrogen-bond donors (Lipinski definition) is 0. The average Bonchev–Trinajstić information content (AvgIpc) is 3.49. The number of hydrogen-bond acceptors (Lipinski definition) is 5. The molecule has 0 aliphatic carbocycles.